The maximum Gasteiger partial charge on any atom is 0.223 e. The van der Waals surface area contributed by atoms with Gasteiger partial charge in [0.05, 0.1) is 37.8 Å². The molecule has 1 aliphatic rings. The quantitative estimate of drug-likeness (QED) is 0.660. The highest BCUT2D eigenvalue weighted by molar-refractivity contribution is 5.70. The van der Waals surface area contributed by atoms with E-state index in [9.17, 15) is 10.2 Å². The number of aliphatic hydroxyl groups is 2. The van der Waals surface area contributed by atoms with E-state index < -0.39 is 37.1 Å². The number of nitrogens with two attached hydrogens (primary N) is 1. The molecule has 1 saturated heterocycles. The normalized spacial score (nSPS) is 30.3. The molecule has 3 heterocycles. The molecule has 0 aromatic carbocycles. The first-order valence-electron chi connectivity index (χ1n) is 7.00. The van der Waals surface area contributed by atoms with Crippen molar-refractivity contribution in [2.45, 2.75) is 24.9 Å². The van der Waals surface area contributed by atoms with Crippen LogP contribution >= 0.6 is 0 Å². The van der Waals surface area contributed by atoms with Gasteiger partial charge in [-0.15, -0.1) is 5.92 Å². The first kappa shape index (κ1) is 15.6. The maximum absolute atomic E-state index is 15.6. The fourth-order valence-electron chi connectivity index (χ4n) is 2.86. The second kappa shape index (κ2) is 5.73. The monoisotopic (exact) mass is 321 g/mol. The van der Waals surface area contributed by atoms with Crippen molar-refractivity contribution in [1.29, 1.82) is 0 Å². The van der Waals surface area contributed by atoms with Crippen LogP contribution in [0.4, 0.5) is 10.3 Å². The van der Waals surface area contributed by atoms with Gasteiger partial charge in [-0.1, -0.05) is 5.92 Å². The van der Waals surface area contributed by atoms with E-state index in [0.717, 1.165) is 0 Å². The van der Waals surface area contributed by atoms with Gasteiger partial charge in [-0.3, -0.25) is 4.57 Å². The number of fused-ring (bicyclic) bond motifs is 1. The molecule has 4 N–H and O–H groups in total. The van der Waals surface area contributed by atoms with Crippen molar-refractivity contribution in [2.75, 3.05) is 18.9 Å². The van der Waals surface area contributed by atoms with Crippen molar-refractivity contribution in [3.8, 4) is 11.8 Å². The van der Waals surface area contributed by atoms with Crippen molar-refractivity contribution in [1.82, 2.24) is 19.5 Å². The van der Waals surface area contributed by atoms with E-state index in [1.54, 1.807) is 0 Å². The molecule has 2 aromatic rings. The smallest absolute Gasteiger partial charge is 0.223 e. The highest BCUT2D eigenvalue weighted by Crippen LogP contribution is 2.46. The van der Waals surface area contributed by atoms with Crippen LogP contribution in [-0.4, -0.2) is 54.7 Å². The van der Waals surface area contributed by atoms with Crippen molar-refractivity contribution < 1.29 is 19.3 Å². The summed E-state index contributed by atoms with van der Waals surface area (Å²) in [4.78, 5) is 12.0. The first-order chi connectivity index (χ1) is 11.0. The molecule has 122 valence electrons. The third kappa shape index (κ3) is 2.31. The highest BCUT2D eigenvalue weighted by Gasteiger charge is 2.57. The zero-order valence-electron chi connectivity index (χ0n) is 12.3. The summed E-state index contributed by atoms with van der Waals surface area (Å²) in [6.07, 6.45) is 0.654. The van der Waals surface area contributed by atoms with Gasteiger partial charge in [0.2, 0.25) is 11.6 Å². The van der Waals surface area contributed by atoms with Crippen molar-refractivity contribution in [3.63, 3.8) is 0 Å². The Morgan fingerprint density at radius 1 is 1.43 bits per heavy atom. The number of nitrogens with zero attached hydrogens (tertiary/aromatic N) is 4. The van der Waals surface area contributed by atoms with Crippen LogP contribution in [-0.2, 0) is 4.74 Å². The van der Waals surface area contributed by atoms with E-state index in [-0.39, 0.29) is 11.6 Å². The number of halogens is 1. The minimum absolute atomic E-state index is 0.0145. The van der Waals surface area contributed by atoms with E-state index in [1.165, 1.54) is 24.0 Å². The molecule has 2 unspecified atom stereocenters. The molecule has 3 rings (SSSR count). The lowest BCUT2D eigenvalue weighted by Gasteiger charge is -2.25. The third-order valence-electron chi connectivity index (χ3n) is 3.93. The van der Waals surface area contributed by atoms with Crippen LogP contribution in [0, 0.1) is 17.8 Å². The van der Waals surface area contributed by atoms with Gasteiger partial charge in [-0.05, 0) is 6.92 Å². The Balaban J connectivity index is 2.15. The Morgan fingerprint density at radius 3 is 2.87 bits per heavy atom. The van der Waals surface area contributed by atoms with Crippen LogP contribution in [0.1, 0.15) is 13.2 Å². The molecule has 0 radical (unpaired) electrons. The Kier molecular flexibility index (Phi) is 3.89. The molecular weight excluding hydrogens is 305 g/mol. The number of aliphatic hydroxyl groups excluding tert-OH is 2. The summed E-state index contributed by atoms with van der Waals surface area (Å²) in [5.41, 5.74) is 4.08. The zero-order valence-corrected chi connectivity index (χ0v) is 12.3. The van der Waals surface area contributed by atoms with Gasteiger partial charge in [-0.2, -0.15) is 4.98 Å². The molecule has 4 atom stereocenters. The molecular formula is C14H16FN5O3. The van der Waals surface area contributed by atoms with E-state index in [1.807, 2.05) is 0 Å². The summed E-state index contributed by atoms with van der Waals surface area (Å²) >= 11 is 0. The van der Waals surface area contributed by atoms with Crippen LogP contribution < -0.4 is 5.73 Å². The van der Waals surface area contributed by atoms with Crippen molar-refractivity contribution in [3.05, 3.63) is 12.5 Å². The van der Waals surface area contributed by atoms with Gasteiger partial charge in [-0.25, -0.2) is 14.4 Å². The lowest BCUT2D eigenvalue weighted by atomic mass is 9.87. The first-order valence-corrected chi connectivity index (χ1v) is 7.00. The topological polar surface area (TPSA) is 119 Å². The zero-order chi connectivity index (χ0) is 16.6. The fraction of sp³-hybridized carbons (Fsp3) is 0.500. The van der Waals surface area contributed by atoms with Gasteiger partial charge < -0.3 is 20.7 Å². The number of hydrogen-bond acceptors (Lipinski definition) is 7. The summed E-state index contributed by atoms with van der Waals surface area (Å²) in [6.45, 7) is 0.532. The number of alkyl halides is 1. The predicted molar refractivity (Wildman–Crippen MR) is 78.6 cm³/mol. The molecule has 0 saturated carbocycles. The molecule has 0 bridgehead atoms. The summed E-state index contributed by atoms with van der Waals surface area (Å²) in [6, 6.07) is 0. The Bertz CT molecular complexity index is 786. The van der Waals surface area contributed by atoms with E-state index in [0.29, 0.717) is 5.52 Å². The van der Waals surface area contributed by atoms with Gasteiger partial charge in [0.25, 0.3) is 0 Å². The Labute approximate surface area is 131 Å². The fourth-order valence-corrected chi connectivity index (χ4v) is 2.86. The standard InChI is InChI=1S/C14H16FN5O3/c1-2-3-14(15)8(5-21)10(6-22)23-12(14)20-7-18-9-4-17-13(16)19-11(9)20/h4,7-8,10,12,21-22H,5-6H2,1H3,(H2,16,17,19)/t8?,10-,12-,14?/m1/s1. The minimum Gasteiger partial charge on any atom is -0.396 e. The molecule has 8 nitrogen and oxygen atoms in total. The molecule has 23 heavy (non-hydrogen) atoms. The number of anilines is 1. The number of aromatic nitrogens is 4. The molecule has 2 aromatic heterocycles. The third-order valence-corrected chi connectivity index (χ3v) is 3.93. The van der Waals surface area contributed by atoms with Crippen molar-refractivity contribution in [2.24, 2.45) is 5.92 Å². The lowest BCUT2D eigenvalue weighted by molar-refractivity contribution is -0.0486. The Hall–Kier alpha value is -2.28. The van der Waals surface area contributed by atoms with Gasteiger partial charge >= 0.3 is 0 Å². The van der Waals surface area contributed by atoms with E-state index in [4.69, 9.17) is 10.5 Å². The second-order valence-corrected chi connectivity index (χ2v) is 5.23. The molecule has 9 heteroatoms. The van der Waals surface area contributed by atoms with E-state index >= 15 is 4.39 Å². The van der Waals surface area contributed by atoms with Crippen LogP contribution in [0.2, 0.25) is 0 Å². The van der Waals surface area contributed by atoms with Crippen molar-refractivity contribution >= 4 is 17.1 Å². The highest BCUT2D eigenvalue weighted by atomic mass is 19.1. The number of nitrogen functional groups attached to an aromatic ring is 1. The second-order valence-electron chi connectivity index (χ2n) is 5.23. The van der Waals surface area contributed by atoms with Crippen LogP contribution in [0.5, 0.6) is 0 Å². The lowest BCUT2D eigenvalue weighted by Crippen LogP contribution is -2.39. The predicted octanol–water partition coefficient (Wildman–Crippen LogP) is -0.362. The summed E-state index contributed by atoms with van der Waals surface area (Å²) < 4.78 is 22.5. The average molecular weight is 321 g/mol. The number of imidazole rings is 1. The summed E-state index contributed by atoms with van der Waals surface area (Å²) in [7, 11) is 0. The van der Waals surface area contributed by atoms with Gasteiger partial charge in [0.1, 0.15) is 5.52 Å². The molecule has 0 spiro atoms. The van der Waals surface area contributed by atoms with Gasteiger partial charge in [0, 0.05) is 0 Å². The average Bonchev–Trinajstić information content (AvgIpc) is 3.05. The van der Waals surface area contributed by atoms with Crippen LogP contribution in [0.3, 0.4) is 0 Å². The molecule has 1 aliphatic heterocycles. The Morgan fingerprint density at radius 2 is 2.22 bits per heavy atom. The van der Waals surface area contributed by atoms with Gasteiger partial charge in [0.15, 0.2) is 11.9 Å². The molecule has 0 aliphatic carbocycles. The summed E-state index contributed by atoms with van der Waals surface area (Å²) in [5.74, 6) is 4.01. The molecule has 0 amide bonds. The molecule has 1 fully saturated rings. The van der Waals surface area contributed by atoms with Crippen LogP contribution in [0.25, 0.3) is 11.2 Å². The van der Waals surface area contributed by atoms with E-state index in [2.05, 4.69) is 26.8 Å². The maximum atomic E-state index is 15.6. The largest absolute Gasteiger partial charge is 0.396 e. The SMILES string of the molecule is CC#CC1(F)C(CO)[C@@H](CO)O[C@H]1n1cnc2cnc(N)nc21. The number of rotatable bonds is 3. The number of hydrogen-bond donors (Lipinski definition) is 3. The minimum atomic E-state index is -2.20. The summed E-state index contributed by atoms with van der Waals surface area (Å²) in [5, 5.41) is 19.0. The number of ether oxygens (including phenoxy) is 1. The van der Waals surface area contributed by atoms with Crippen LogP contribution in [0.15, 0.2) is 12.5 Å².